The number of alkyl halides is 1. The summed E-state index contributed by atoms with van der Waals surface area (Å²) in [5, 5.41) is 0. The van der Waals surface area contributed by atoms with Gasteiger partial charge in [0.25, 0.3) is 0 Å². The number of pyridine rings is 1. The smallest absolute Gasteiger partial charge is 0.219 e. The molecule has 17 heavy (non-hydrogen) atoms. The zero-order valence-corrected chi connectivity index (χ0v) is 11.7. The summed E-state index contributed by atoms with van der Waals surface area (Å²) in [6, 6.07) is 3.71. The van der Waals surface area contributed by atoms with Gasteiger partial charge in [-0.25, -0.2) is 4.98 Å². The Labute approximate surface area is 109 Å². The quantitative estimate of drug-likeness (QED) is 0.441. The third kappa shape index (κ3) is 6.12. The van der Waals surface area contributed by atoms with E-state index in [2.05, 4.69) is 4.98 Å². The fourth-order valence-electron chi connectivity index (χ4n) is 1.02. The van der Waals surface area contributed by atoms with Crippen molar-refractivity contribution in [2.24, 2.45) is 0 Å². The standard InChI is InChI=1S/C12H14ClNO.C2H6/c1-3-5-11(4-2)15-12-7-6-10(8-13)9-14-12;1-2/h3-7,9H,8H2,1-2H3;1-2H3/b5-3-,11-4+;. The number of allylic oxidation sites excluding steroid dienone is 3. The first-order valence-electron chi connectivity index (χ1n) is 5.78. The molecule has 0 amide bonds. The van der Waals surface area contributed by atoms with Gasteiger partial charge in [0.05, 0.1) is 0 Å². The van der Waals surface area contributed by atoms with Crippen molar-refractivity contribution in [2.45, 2.75) is 33.6 Å². The number of aromatic nitrogens is 1. The van der Waals surface area contributed by atoms with Gasteiger partial charge in [-0.05, 0) is 31.6 Å². The maximum Gasteiger partial charge on any atom is 0.219 e. The Balaban J connectivity index is 0.00000121. The van der Waals surface area contributed by atoms with E-state index in [1.807, 2.05) is 58.1 Å². The number of hydrogen-bond acceptors (Lipinski definition) is 2. The second kappa shape index (κ2) is 9.91. The van der Waals surface area contributed by atoms with Crippen LogP contribution in [0.3, 0.4) is 0 Å². The highest BCUT2D eigenvalue weighted by Crippen LogP contribution is 2.12. The number of halogens is 1. The van der Waals surface area contributed by atoms with E-state index in [1.54, 1.807) is 6.20 Å². The zero-order valence-electron chi connectivity index (χ0n) is 10.9. The molecule has 94 valence electrons. The lowest BCUT2D eigenvalue weighted by Gasteiger charge is -2.04. The first-order chi connectivity index (χ1) is 8.30. The fraction of sp³-hybridized carbons (Fsp3) is 0.357. The van der Waals surface area contributed by atoms with Crippen LogP contribution in [0.1, 0.15) is 33.3 Å². The van der Waals surface area contributed by atoms with Crippen molar-refractivity contribution in [3.05, 3.63) is 47.9 Å². The molecule has 0 saturated carbocycles. The molecule has 1 heterocycles. The van der Waals surface area contributed by atoms with E-state index in [0.29, 0.717) is 11.8 Å². The molecule has 1 aromatic heterocycles. The lowest BCUT2D eigenvalue weighted by Crippen LogP contribution is -1.94. The highest BCUT2D eigenvalue weighted by molar-refractivity contribution is 6.17. The molecule has 0 atom stereocenters. The number of nitrogens with zero attached hydrogens (tertiary/aromatic N) is 1. The zero-order chi connectivity index (χ0) is 13.1. The minimum absolute atomic E-state index is 0.471. The first-order valence-corrected chi connectivity index (χ1v) is 6.31. The Morgan fingerprint density at radius 2 is 2.06 bits per heavy atom. The van der Waals surface area contributed by atoms with Gasteiger partial charge in [-0.1, -0.05) is 26.0 Å². The Morgan fingerprint density at radius 3 is 2.47 bits per heavy atom. The maximum atomic E-state index is 5.66. The lowest BCUT2D eigenvalue weighted by molar-refractivity contribution is 0.425. The molecule has 0 N–H and O–H groups in total. The Kier molecular flexibility index (Phi) is 9.17. The summed E-state index contributed by atoms with van der Waals surface area (Å²) in [4.78, 5) is 4.14. The monoisotopic (exact) mass is 253 g/mol. The van der Waals surface area contributed by atoms with Crippen molar-refractivity contribution < 1.29 is 4.74 Å². The summed E-state index contributed by atoms with van der Waals surface area (Å²) in [5.74, 6) is 1.83. The van der Waals surface area contributed by atoms with Crippen LogP contribution in [-0.4, -0.2) is 4.98 Å². The van der Waals surface area contributed by atoms with Crippen LogP contribution in [0.4, 0.5) is 0 Å². The molecule has 0 unspecified atom stereocenters. The molecule has 2 nitrogen and oxygen atoms in total. The predicted octanol–water partition coefficient (Wildman–Crippen LogP) is 4.71. The van der Waals surface area contributed by atoms with Gasteiger partial charge in [-0.3, -0.25) is 0 Å². The van der Waals surface area contributed by atoms with Crippen molar-refractivity contribution in [2.75, 3.05) is 0 Å². The summed E-state index contributed by atoms with van der Waals surface area (Å²) < 4.78 is 5.52. The van der Waals surface area contributed by atoms with E-state index in [0.717, 1.165) is 11.3 Å². The molecule has 0 radical (unpaired) electrons. The van der Waals surface area contributed by atoms with Gasteiger partial charge in [0.15, 0.2) is 0 Å². The normalized spacial score (nSPS) is 11.0. The molecule has 0 spiro atoms. The van der Waals surface area contributed by atoms with Crippen molar-refractivity contribution in [1.29, 1.82) is 0 Å². The molecule has 0 aromatic carbocycles. The van der Waals surface area contributed by atoms with Crippen LogP contribution in [-0.2, 0) is 5.88 Å². The molecule has 0 bridgehead atoms. The summed E-state index contributed by atoms with van der Waals surface area (Å²) in [6.07, 6.45) is 7.40. The van der Waals surface area contributed by atoms with E-state index in [9.17, 15) is 0 Å². The lowest BCUT2D eigenvalue weighted by atomic mass is 10.3. The number of ether oxygens (including phenoxy) is 1. The van der Waals surface area contributed by atoms with Gasteiger partial charge in [-0.15, -0.1) is 11.6 Å². The Bertz CT molecular complexity index is 355. The van der Waals surface area contributed by atoms with E-state index in [1.165, 1.54) is 0 Å². The molecule has 0 aliphatic carbocycles. The average molecular weight is 254 g/mol. The van der Waals surface area contributed by atoms with Crippen LogP contribution in [0.2, 0.25) is 0 Å². The van der Waals surface area contributed by atoms with Crippen molar-refractivity contribution in [3.8, 4) is 5.88 Å². The second-order valence-electron chi connectivity index (χ2n) is 2.93. The topological polar surface area (TPSA) is 22.1 Å². The van der Waals surface area contributed by atoms with E-state index < -0.39 is 0 Å². The van der Waals surface area contributed by atoms with E-state index in [-0.39, 0.29) is 0 Å². The molecule has 0 aliphatic rings. The van der Waals surface area contributed by atoms with Gasteiger partial charge >= 0.3 is 0 Å². The minimum Gasteiger partial charge on any atom is -0.439 e. The largest absolute Gasteiger partial charge is 0.439 e. The van der Waals surface area contributed by atoms with Gasteiger partial charge in [-0.2, -0.15) is 0 Å². The average Bonchev–Trinajstić information content (AvgIpc) is 2.41. The van der Waals surface area contributed by atoms with Crippen LogP contribution in [0.15, 0.2) is 42.3 Å². The third-order valence-electron chi connectivity index (χ3n) is 1.79. The van der Waals surface area contributed by atoms with Gasteiger partial charge in [0, 0.05) is 18.1 Å². The van der Waals surface area contributed by atoms with Gasteiger partial charge in [0.2, 0.25) is 5.88 Å². The van der Waals surface area contributed by atoms with Crippen molar-refractivity contribution in [1.82, 2.24) is 4.98 Å². The highest BCUT2D eigenvalue weighted by Gasteiger charge is 1.97. The first kappa shape index (κ1) is 15.7. The fourth-order valence-corrected chi connectivity index (χ4v) is 1.18. The van der Waals surface area contributed by atoms with E-state index >= 15 is 0 Å². The van der Waals surface area contributed by atoms with E-state index in [4.69, 9.17) is 16.3 Å². The summed E-state index contributed by atoms with van der Waals surface area (Å²) >= 11 is 5.66. The SMILES string of the molecule is C/C=C\C(=C/C)Oc1ccc(CCl)cn1.CC. The summed E-state index contributed by atoms with van der Waals surface area (Å²) in [6.45, 7) is 7.86. The van der Waals surface area contributed by atoms with Crippen LogP contribution < -0.4 is 4.74 Å². The molecule has 0 aliphatic heterocycles. The van der Waals surface area contributed by atoms with Crippen LogP contribution >= 0.6 is 11.6 Å². The summed E-state index contributed by atoms with van der Waals surface area (Å²) in [5.41, 5.74) is 0.983. The third-order valence-corrected chi connectivity index (χ3v) is 2.10. The van der Waals surface area contributed by atoms with Crippen LogP contribution in [0, 0.1) is 0 Å². The molecular formula is C14H20ClNO. The highest BCUT2D eigenvalue weighted by atomic mass is 35.5. The predicted molar refractivity (Wildman–Crippen MR) is 74.3 cm³/mol. The van der Waals surface area contributed by atoms with Gasteiger partial charge in [0.1, 0.15) is 5.76 Å². The Hall–Kier alpha value is -1.28. The Morgan fingerprint density at radius 1 is 1.35 bits per heavy atom. The number of rotatable bonds is 4. The molecule has 1 rings (SSSR count). The molecule has 1 aromatic rings. The van der Waals surface area contributed by atoms with Crippen LogP contribution in [0.25, 0.3) is 0 Å². The second-order valence-corrected chi connectivity index (χ2v) is 3.20. The number of hydrogen-bond donors (Lipinski definition) is 0. The summed E-state index contributed by atoms with van der Waals surface area (Å²) in [7, 11) is 0. The van der Waals surface area contributed by atoms with Gasteiger partial charge < -0.3 is 4.74 Å². The van der Waals surface area contributed by atoms with Crippen LogP contribution in [0.5, 0.6) is 5.88 Å². The maximum absolute atomic E-state index is 5.66. The van der Waals surface area contributed by atoms with Crippen molar-refractivity contribution >= 4 is 11.6 Å². The van der Waals surface area contributed by atoms with Crippen molar-refractivity contribution in [3.63, 3.8) is 0 Å². The molecule has 3 heteroatoms. The molecule has 0 fully saturated rings. The minimum atomic E-state index is 0.471. The molecular weight excluding hydrogens is 234 g/mol. The molecule has 0 saturated heterocycles.